The molecular formula is C14H26N2O5S. The van der Waals surface area contributed by atoms with Crippen molar-refractivity contribution in [1.29, 1.82) is 0 Å². The van der Waals surface area contributed by atoms with Crippen LogP contribution in [0.15, 0.2) is 0 Å². The van der Waals surface area contributed by atoms with Gasteiger partial charge in [0.05, 0.1) is 11.7 Å². The Kier molecular flexibility index (Phi) is 5.97. The average molecular weight is 334 g/mol. The number of nitrogens with one attached hydrogen (secondary N) is 1. The molecule has 0 unspecified atom stereocenters. The summed E-state index contributed by atoms with van der Waals surface area (Å²) in [6.45, 7) is 7.32. The molecule has 0 aliphatic carbocycles. The van der Waals surface area contributed by atoms with Gasteiger partial charge in [0, 0.05) is 13.1 Å². The summed E-state index contributed by atoms with van der Waals surface area (Å²) < 4.78 is 25.2. The van der Waals surface area contributed by atoms with Crippen LogP contribution >= 0.6 is 0 Å². The van der Waals surface area contributed by atoms with E-state index < -0.39 is 39.3 Å². The molecule has 0 radical (unpaired) electrons. The lowest BCUT2D eigenvalue weighted by atomic mass is 9.86. The molecular weight excluding hydrogens is 308 g/mol. The van der Waals surface area contributed by atoms with Crippen molar-refractivity contribution < 1.29 is 23.1 Å². The van der Waals surface area contributed by atoms with Crippen molar-refractivity contribution in [2.24, 2.45) is 11.3 Å². The van der Waals surface area contributed by atoms with E-state index in [4.69, 9.17) is 0 Å². The highest BCUT2D eigenvalue weighted by molar-refractivity contribution is 7.89. The summed E-state index contributed by atoms with van der Waals surface area (Å²) in [5, 5.41) is 11.8. The molecule has 22 heavy (non-hydrogen) atoms. The predicted molar refractivity (Wildman–Crippen MR) is 82.8 cm³/mol. The van der Waals surface area contributed by atoms with Gasteiger partial charge in [-0.2, -0.15) is 0 Å². The fourth-order valence-electron chi connectivity index (χ4n) is 2.50. The van der Waals surface area contributed by atoms with Crippen LogP contribution in [-0.4, -0.2) is 54.6 Å². The number of aliphatic carboxylic acids is 1. The van der Waals surface area contributed by atoms with Gasteiger partial charge in [0.1, 0.15) is 6.04 Å². The summed E-state index contributed by atoms with van der Waals surface area (Å²) in [5.74, 6) is -1.98. The Balaban J connectivity index is 2.79. The van der Waals surface area contributed by atoms with Crippen LogP contribution < -0.4 is 5.32 Å². The van der Waals surface area contributed by atoms with Gasteiger partial charge in [-0.1, -0.05) is 20.8 Å². The molecule has 0 aromatic rings. The van der Waals surface area contributed by atoms with Crippen molar-refractivity contribution in [2.45, 2.75) is 46.6 Å². The van der Waals surface area contributed by atoms with E-state index >= 15 is 0 Å². The van der Waals surface area contributed by atoms with Crippen LogP contribution in [0.2, 0.25) is 0 Å². The lowest BCUT2D eigenvalue weighted by molar-refractivity contribution is -0.145. The fraction of sp³-hybridized carbons (Fsp3) is 0.857. The van der Waals surface area contributed by atoms with E-state index in [1.807, 2.05) is 0 Å². The Morgan fingerprint density at radius 2 is 1.95 bits per heavy atom. The molecule has 0 saturated carbocycles. The van der Waals surface area contributed by atoms with Gasteiger partial charge in [0.15, 0.2) is 0 Å². The highest BCUT2D eigenvalue weighted by atomic mass is 32.2. The Morgan fingerprint density at radius 1 is 1.36 bits per heavy atom. The molecule has 1 aliphatic heterocycles. The summed E-state index contributed by atoms with van der Waals surface area (Å²) in [6.07, 6.45) is 1.17. The molecule has 1 amide bonds. The summed E-state index contributed by atoms with van der Waals surface area (Å²) in [7, 11) is -3.32. The third-order valence-corrected chi connectivity index (χ3v) is 5.76. The van der Waals surface area contributed by atoms with Crippen LogP contribution in [-0.2, 0) is 19.6 Å². The van der Waals surface area contributed by atoms with E-state index in [2.05, 4.69) is 5.32 Å². The van der Waals surface area contributed by atoms with Crippen molar-refractivity contribution in [1.82, 2.24) is 9.62 Å². The van der Waals surface area contributed by atoms with E-state index in [0.717, 1.165) is 0 Å². The molecule has 7 nitrogen and oxygen atoms in total. The molecule has 1 aliphatic rings. The maximum absolute atomic E-state index is 12.3. The number of carboxylic acids is 1. The van der Waals surface area contributed by atoms with Gasteiger partial charge in [-0.3, -0.25) is 4.79 Å². The third-order valence-electron chi connectivity index (χ3n) is 3.91. The van der Waals surface area contributed by atoms with Gasteiger partial charge in [0.2, 0.25) is 15.9 Å². The number of carboxylic acid groups (broad SMARTS) is 1. The van der Waals surface area contributed by atoms with Crippen LogP contribution in [0.1, 0.15) is 40.5 Å². The van der Waals surface area contributed by atoms with Crippen molar-refractivity contribution in [3.8, 4) is 0 Å². The summed E-state index contributed by atoms with van der Waals surface area (Å²) in [6, 6.07) is -1.00. The second kappa shape index (κ2) is 6.95. The monoisotopic (exact) mass is 334 g/mol. The number of carbonyl (C=O) groups excluding carboxylic acids is 1. The van der Waals surface area contributed by atoms with Crippen LogP contribution in [0.3, 0.4) is 0 Å². The number of hydrogen-bond acceptors (Lipinski definition) is 4. The van der Waals surface area contributed by atoms with Crippen molar-refractivity contribution in [2.75, 3.05) is 18.8 Å². The molecule has 0 bridgehead atoms. The first-order valence-corrected chi connectivity index (χ1v) is 9.11. The zero-order valence-electron chi connectivity index (χ0n) is 13.6. The molecule has 128 valence electrons. The zero-order valence-corrected chi connectivity index (χ0v) is 14.4. The first kappa shape index (κ1) is 18.9. The Labute approximate surface area is 132 Å². The van der Waals surface area contributed by atoms with Gasteiger partial charge < -0.3 is 10.4 Å². The summed E-state index contributed by atoms with van der Waals surface area (Å²) >= 11 is 0. The standard InChI is InChI=1S/C14H26N2O5S/c1-5-22(20,21)16-8-6-7-10(9-16)12(17)15-11(13(18)19)14(2,3)4/h10-11H,5-9H2,1-4H3,(H,15,17)(H,18,19)/t10-,11+/m0/s1. The Bertz CT molecular complexity index is 524. The minimum atomic E-state index is -3.32. The van der Waals surface area contributed by atoms with Gasteiger partial charge in [-0.15, -0.1) is 0 Å². The summed E-state index contributed by atoms with van der Waals surface area (Å²) in [4.78, 5) is 23.6. The third kappa shape index (κ3) is 4.67. The Hall–Kier alpha value is -1.15. The second-order valence-electron chi connectivity index (χ2n) is 6.74. The van der Waals surface area contributed by atoms with Crippen LogP contribution in [0.25, 0.3) is 0 Å². The molecule has 8 heteroatoms. The molecule has 1 heterocycles. The van der Waals surface area contributed by atoms with Crippen LogP contribution in [0.4, 0.5) is 0 Å². The van der Waals surface area contributed by atoms with Crippen molar-refractivity contribution in [3.05, 3.63) is 0 Å². The minimum absolute atomic E-state index is 0.00107. The fourth-order valence-corrected chi connectivity index (χ4v) is 3.68. The van der Waals surface area contributed by atoms with E-state index in [9.17, 15) is 23.1 Å². The number of nitrogens with zero attached hydrogens (tertiary/aromatic N) is 1. The van der Waals surface area contributed by atoms with Crippen LogP contribution in [0.5, 0.6) is 0 Å². The lowest BCUT2D eigenvalue weighted by Gasteiger charge is -2.33. The SMILES string of the molecule is CCS(=O)(=O)N1CCC[C@H](C(=O)N[C@H](C(=O)O)C(C)(C)C)C1. The first-order chi connectivity index (χ1) is 9.99. The van der Waals surface area contributed by atoms with Gasteiger partial charge in [-0.05, 0) is 25.2 Å². The Morgan fingerprint density at radius 3 is 2.41 bits per heavy atom. The van der Waals surface area contributed by atoms with Gasteiger partial charge in [0.25, 0.3) is 0 Å². The molecule has 1 rings (SSSR count). The smallest absolute Gasteiger partial charge is 0.326 e. The topological polar surface area (TPSA) is 104 Å². The largest absolute Gasteiger partial charge is 0.480 e. The molecule has 1 fully saturated rings. The minimum Gasteiger partial charge on any atom is -0.480 e. The van der Waals surface area contributed by atoms with Crippen molar-refractivity contribution >= 4 is 21.9 Å². The van der Waals surface area contributed by atoms with E-state index in [0.29, 0.717) is 19.4 Å². The number of hydrogen-bond donors (Lipinski definition) is 2. The second-order valence-corrected chi connectivity index (χ2v) is 9.00. The van der Waals surface area contributed by atoms with Gasteiger partial charge >= 0.3 is 5.97 Å². The zero-order chi connectivity index (χ0) is 17.1. The molecule has 2 atom stereocenters. The van der Waals surface area contributed by atoms with Crippen LogP contribution in [0, 0.1) is 11.3 Å². The van der Waals surface area contributed by atoms with E-state index in [1.165, 1.54) is 4.31 Å². The average Bonchev–Trinajstić information content (AvgIpc) is 2.43. The van der Waals surface area contributed by atoms with E-state index in [-0.39, 0.29) is 12.3 Å². The molecule has 0 spiro atoms. The maximum Gasteiger partial charge on any atom is 0.326 e. The lowest BCUT2D eigenvalue weighted by Crippen LogP contribution is -2.53. The van der Waals surface area contributed by atoms with E-state index in [1.54, 1.807) is 27.7 Å². The number of rotatable bonds is 5. The quantitative estimate of drug-likeness (QED) is 0.769. The number of amides is 1. The highest BCUT2D eigenvalue weighted by Gasteiger charge is 2.36. The normalized spacial score (nSPS) is 22.1. The maximum atomic E-state index is 12.3. The number of piperidine rings is 1. The molecule has 0 aromatic heterocycles. The predicted octanol–water partition coefficient (Wildman–Crippen LogP) is 0.664. The first-order valence-electron chi connectivity index (χ1n) is 7.50. The van der Waals surface area contributed by atoms with Crippen molar-refractivity contribution in [3.63, 3.8) is 0 Å². The molecule has 1 saturated heterocycles. The highest BCUT2D eigenvalue weighted by Crippen LogP contribution is 2.23. The molecule has 2 N–H and O–H groups in total. The number of carbonyl (C=O) groups is 2. The summed E-state index contributed by atoms with van der Waals surface area (Å²) in [5.41, 5.74) is -0.620. The number of sulfonamides is 1. The molecule has 0 aromatic carbocycles. The van der Waals surface area contributed by atoms with Gasteiger partial charge in [-0.25, -0.2) is 17.5 Å².